The van der Waals surface area contributed by atoms with Crippen molar-refractivity contribution < 1.29 is 118 Å². The second kappa shape index (κ2) is 39.8. The maximum Gasteiger partial charge on any atom is 0.186 e. The van der Waals surface area contributed by atoms with Crippen molar-refractivity contribution in [3.05, 3.63) is 234 Å². The Balaban J connectivity index is 0.000000159. The maximum absolute atomic E-state index is 14.7. The second-order valence-corrected chi connectivity index (χ2v) is 41.0. The number of benzene rings is 8. The minimum atomic E-state index is -4.30. The molecule has 0 saturated carbocycles. The lowest BCUT2D eigenvalue weighted by atomic mass is 9.91. The summed E-state index contributed by atoms with van der Waals surface area (Å²) >= 11 is 24.9. The predicted octanol–water partition coefficient (Wildman–Crippen LogP) is 15.8. The van der Waals surface area contributed by atoms with E-state index in [0.29, 0.717) is 33.3 Å². The van der Waals surface area contributed by atoms with E-state index in [4.69, 9.17) is 109 Å². The van der Waals surface area contributed by atoms with E-state index in [-0.39, 0.29) is 77.1 Å². The summed E-state index contributed by atoms with van der Waals surface area (Å²) in [5.41, 5.74) is 1.12. The van der Waals surface area contributed by atoms with Gasteiger partial charge < -0.3 is 57.6 Å². The number of hydrogen-bond acceptors (Lipinski definition) is 22. The number of thioether (sulfide) groups is 1. The van der Waals surface area contributed by atoms with Gasteiger partial charge >= 0.3 is 0 Å². The minimum absolute atomic E-state index is 0.0271. The summed E-state index contributed by atoms with van der Waals surface area (Å²) in [6.07, 6.45) is -4.08. The molecule has 10 atom stereocenters. The number of aliphatic hydroxyl groups is 2. The highest BCUT2D eigenvalue weighted by Crippen LogP contribution is 2.54. The van der Waals surface area contributed by atoms with Gasteiger partial charge in [-0.1, -0.05) is 66.0 Å². The van der Waals surface area contributed by atoms with Crippen LogP contribution in [0.15, 0.2) is 165 Å². The van der Waals surface area contributed by atoms with Crippen LogP contribution >= 0.6 is 58.2 Å². The molecule has 0 spiro atoms. The normalized spacial score (nSPS) is 20.8. The molecule has 6 aliphatic rings. The van der Waals surface area contributed by atoms with Crippen LogP contribution in [0.3, 0.4) is 0 Å². The quantitative estimate of drug-likeness (QED) is 0.0595. The first-order valence-electron chi connectivity index (χ1n) is 35.2. The Bertz CT molecular complexity index is 5120. The summed E-state index contributed by atoms with van der Waals surface area (Å²) < 4.78 is 250. The van der Waals surface area contributed by atoms with E-state index >= 15 is 0 Å². The summed E-state index contributed by atoms with van der Waals surface area (Å²) in [4.78, 5) is 0.491. The van der Waals surface area contributed by atoms with Gasteiger partial charge in [-0.15, -0.1) is 11.8 Å². The highest BCUT2D eigenvalue weighted by atomic mass is 35.5. The number of aliphatic hydroxyl groups excluding tert-OH is 2. The molecular weight excluding hydrogens is 1720 g/mol. The van der Waals surface area contributed by atoms with E-state index in [1.54, 1.807) is 12.1 Å². The topological polar surface area (TPSA) is 307 Å². The molecule has 116 heavy (non-hydrogen) atoms. The Labute approximate surface area is 688 Å². The van der Waals surface area contributed by atoms with Gasteiger partial charge in [0.1, 0.15) is 39.0 Å². The second-order valence-electron chi connectivity index (χ2n) is 27.1. The molecule has 6 heterocycles. The van der Waals surface area contributed by atoms with Gasteiger partial charge in [0.15, 0.2) is 109 Å². The number of hydrogen-bond donors (Lipinski definition) is 2. The standard InChI is InChI=1S/2C19H16ClF2NO5S.C18H15ClF2O5S.C18H15ClF2O3S.C4H9NSi/c2*20-11-1-3-12(4-2-11)29(25,26)19-13(16(9-23)27-8-7-24)10-28-18-15(22)6-5-14(21)17(18)19;19-10-1-3-11(4-2-10)27(22,23)17-12(18-24-7-8-25-18)9-26-16-14(21)6-5-13(20)15(16)17;19-10-1-3-11(4-2-10)25-17-12(18-22-7-8-23-18)9-24-16-14(21)6-5-13(20)15(16)17;1-6(2,3)4-5/h2*1-6,13,16,19,24H,7-8,10H2;1-6,12,17-18H,7-9H2;1-6,12,17-18H,7-9H2;1-3H3/t2*13-,16?,19-;2*12-,17+;/m0011./s1. The van der Waals surface area contributed by atoms with Crippen LogP contribution in [-0.2, 0) is 57.9 Å². The molecular formula is C78H71Cl4F8N3O18S4Si. The van der Waals surface area contributed by atoms with Gasteiger partial charge in [-0.3, -0.25) is 0 Å². The first-order valence-corrected chi connectivity index (χ1v) is 45.7. The van der Waals surface area contributed by atoms with Crippen molar-refractivity contribution in [3.63, 3.8) is 0 Å². The fourth-order valence-corrected chi connectivity index (χ4v) is 21.0. The summed E-state index contributed by atoms with van der Waals surface area (Å²) in [6.45, 7) is 5.55. The van der Waals surface area contributed by atoms with Crippen LogP contribution in [0, 0.1) is 104 Å². The van der Waals surface area contributed by atoms with Crippen LogP contribution in [0.25, 0.3) is 0 Å². The number of fused-ring (bicyclic) bond motifs is 4. The number of nitrogens with zero attached hydrogens (tertiary/aromatic N) is 3. The molecule has 618 valence electrons. The molecule has 14 rings (SSSR count). The maximum atomic E-state index is 14.7. The van der Waals surface area contributed by atoms with Gasteiger partial charge in [-0.05, 0) is 146 Å². The third-order valence-electron chi connectivity index (χ3n) is 18.4. The van der Waals surface area contributed by atoms with Gasteiger partial charge in [0.25, 0.3) is 0 Å². The van der Waals surface area contributed by atoms with Gasteiger partial charge in [0.2, 0.25) is 0 Å². The SMILES string of the molecule is C[Si](C)(C)C#N.Fc1ccc(F)c2c1OC[C@@H](C1OCCO1)[C@@H]2Sc1ccc(Cl)cc1.N#CC(OCCO)[C@@H]1COc2c(F)ccc(F)c2[C@H]1S(=O)(=O)c1ccc(Cl)cc1.N#CC(OCCO)[C@@H]1COc2c(F)ccc(F)c2[C@H]1S(=O)(=O)c1ccc(Cl)cc1.O=S(=O)(c1ccc(Cl)cc1)[C@@H]1c2c(F)ccc(F)c2OC[C@H]1C1OCCO1. The van der Waals surface area contributed by atoms with Crippen LogP contribution in [0.1, 0.15) is 43.3 Å². The third kappa shape index (κ3) is 20.9. The van der Waals surface area contributed by atoms with Gasteiger partial charge in [0.05, 0.1) is 152 Å². The van der Waals surface area contributed by atoms with Crippen molar-refractivity contribution in [1.82, 2.24) is 0 Å². The van der Waals surface area contributed by atoms with E-state index in [1.807, 2.05) is 43.9 Å². The lowest BCUT2D eigenvalue weighted by Crippen LogP contribution is -2.40. The van der Waals surface area contributed by atoms with Crippen LogP contribution in [-0.4, -0.2) is 148 Å². The zero-order valence-corrected chi connectivity index (χ0v) is 68.5. The minimum Gasteiger partial charge on any atom is -0.490 e. The van der Waals surface area contributed by atoms with Crippen molar-refractivity contribution in [2.75, 3.05) is 79.3 Å². The van der Waals surface area contributed by atoms with Crippen molar-refractivity contribution in [1.29, 1.82) is 15.8 Å². The van der Waals surface area contributed by atoms with Crippen LogP contribution < -0.4 is 18.9 Å². The Morgan fingerprint density at radius 2 is 0.698 bits per heavy atom. The lowest BCUT2D eigenvalue weighted by molar-refractivity contribution is -0.0985. The first kappa shape index (κ1) is 90.5. The molecule has 2 fully saturated rings. The van der Waals surface area contributed by atoms with E-state index in [9.17, 15) is 70.9 Å². The molecule has 2 saturated heterocycles. The fourth-order valence-electron chi connectivity index (χ4n) is 13.1. The number of nitriles is 3. The molecule has 2 unspecified atom stereocenters. The van der Waals surface area contributed by atoms with E-state index < -0.39 is 202 Å². The van der Waals surface area contributed by atoms with Crippen LogP contribution in [0.2, 0.25) is 39.7 Å². The molecule has 6 aliphatic heterocycles. The Kier molecular flexibility index (Phi) is 31.0. The molecule has 0 radical (unpaired) electrons. The predicted molar refractivity (Wildman–Crippen MR) is 411 cm³/mol. The Morgan fingerprint density at radius 1 is 0.422 bits per heavy atom. The number of halogens is 12. The van der Waals surface area contributed by atoms with Crippen LogP contribution in [0.4, 0.5) is 35.1 Å². The molecule has 0 aromatic heterocycles. The number of sulfone groups is 3. The molecule has 8 aromatic rings. The zero-order chi connectivity index (χ0) is 84.1. The van der Waals surface area contributed by atoms with E-state index in [2.05, 4.69) is 5.69 Å². The lowest BCUT2D eigenvalue weighted by Gasteiger charge is -2.35. The van der Waals surface area contributed by atoms with Gasteiger partial charge in [0, 0.05) is 36.2 Å². The first-order chi connectivity index (χ1) is 55.2. The summed E-state index contributed by atoms with van der Waals surface area (Å²) in [6, 6.07) is 34.1. The average molecular weight is 1790 g/mol. The fraction of sp³-hybridized carbons (Fsp3) is 0.346. The smallest absolute Gasteiger partial charge is 0.186 e. The van der Waals surface area contributed by atoms with Gasteiger partial charge in [-0.25, -0.2) is 65.6 Å². The van der Waals surface area contributed by atoms with Crippen molar-refractivity contribution in [3.8, 4) is 40.8 Å². The average Bonchev–Trinajstić information content (AvgIpc) is 0.832. The van der Waals surface area contributed by atoms with Crippen molar-refractivity contribution in [2.24, 2.45) is 23.7 Å². The largest absolute Gasteiger partial charge is 0.490 e. The monoisotopic (exact) mass is 1790 g/mol. The van der Waals surface area contributed by atoms with E-state index in [0.717, 1.165) is 53.4 Å². The summed E-state index contributed by atoms with van der Waals surface area (Å²) in [5, 5.41) is 41.6. The zero-order valence-electron chi connectivity index (χ0n) is 61.2. The molecule has 38 heteroatoms. The molecule has 21 nitrogen and oxygen atoms in total. The molecule has 0 amide bonds. The molecule has 8 aromatic carbocycles. The highest BCUT2D eigenvalue weighted by Gasteiger charge is 2.52. The summed E-state index contributed by atoms with van der Waals surface area (Å²) in [5.74, 6) is -11.4. The van der Waals surface area contributed by atoms with Crippen LogP contribution in [0.5, 0.6) is 23.0 Å². The Morgan fingerprint density at radius 3 is 1.03 bits per heavy atom. The molecule has 2 N–H and O–H groups in total. The molecule has 0 aliphatic carbocycles. The van der Waals surface area contributed by atoms with Crippen molar-refractivity contribution in [2.45, 2.75) is 85.0 Å². The Hall–Kier alpha value is -7.87. The summed E-state index contributed by atoms with van der Waals surface area (Å²) in [7, 11) is -14.0. The van der Waals surface area contributed by atoms with E-state index in [1.165, 1.54) is 84.6 Å². The third-order valence-corrected chi connectivity index (χ3v) is 28.0. The number of rotatable bonds is 18. The number of ether oxygens (including phenoxy) is 10. The highest BCUT2D eigenvalue weighted by molar-refractivity contribution is 7.99. The van der Waals surface area contributed by atoms with Crippen molar-refractivity contribution >= 4 is 95.8 Å². The molecule has 0 bridgehead atoms. The van der Waals surface area contributed by atoms with Gasteiger partial charge in [-0.2, -0.15) is 10.5 Å².